The Kier molecular flexibility index (Phi) is 3.87. The number of rotatable bonds is 3. The molecule has 0 saturated heterocycles. The second-order valence-corrected chi connectivity index (χ2v) is 5.61. The van der Waals surface area contributed by atoms with Crippen molar-refractivity contribution < 1.29 is 4.79 Å². The van der Waals surface area contributed by atoms with Crippen LogP contribution in [-0.4, -0.2) is 6.29 Å². The summed E-state index contributed by atoms with van der Waals surface area (Å²) in [5, 5.41) is 0. The van der Waals surface area contributed by atoms with Crippen LogP contribution in [0.15, 0.2) is 46.2 Å². The first-order valence-electron chi connectivity index (χ1n) is 5.91. The first kappa shape index (κ1) is 12.9. The third-order valence-electron chi connectivity index (χ3n) is 2.84. The Morgan fingerprint density at radius 2 is 1.50 bits per heavy atom. The van der Waals surface area contributed by atoms with E-state index in [9.17, 15) is 4.79 Å². The smallest absolute Gasteiger partial charge is 0.151 e. The van der Waals surface area contributed by atoms with Crippen molar-refractivity contribution in [3.05, 3.63) is 58.7 Å². The molecule has 1 nitrogen and oxygen atoms in total. The molecule has 0 bridgehead atoms. The van der Waals surface area contributed by atoms with Crippen molar-refractivity contribution in [3.8, 4) is 0 Å². The predicted octanol–water partition coefficient (Wildman–Crippen LogP) is 4.58. The highest BCUT2D eigenvalue weighted by Gasteiger charge is 2.06. The fourth-order valence-electron chi connectivity index (χ4n) is 1.89. The Bertz CT molecular complexity index is 588. The largest absolute Gasteiger partial charge is 0.298 e. The highest BCUT2D eigenvalue weighted by molar-refractivity contribution is 7.99. The Labute approximate surface area is 112 Å². The molecule has 2 aromatic rings. The van der Waals surface area contributed by atoms with Crippen LogP contribution in [0.3, 0.4) is 0 Å². The van der Waals surface area contributed by atoms with Crippen LogP contribution in [0.2, 0.25) is 0 Å². The summed E-state index contributed by atoms with van der Waals surface area (Å²) in [6.07, 6.45) is 0.929. The maximum atomic E-state index is 11.1. The molecule has 0 aliphatic carbocycles. The number of benzene rings is 2. The highest BCUT2D eigenvalue weighted by Crippen LogP contribution is 2.32. The second kappa shape index (κ2) is 5.40. The minimum absolute atomic E-state index is 0.764. The summed E-state index contributed by atoms with van der Waals surface area (Å²) in [5.74, 6) is 0. The fourth-order valence-corrected chi connectivity index (χ4v) is 2.84. The van der Waals surface area contributed by atoms with E-state index in [1.165, 1.54) is 16.0 Å². The van der Waals surface area contributed by atoms with E-state index in [0.29, 0.717) is 0 Å². The lowest BCUT2D eigenvalue weighted by molar-refractivity contribution is 0.112. The molecule has 0 spiro atoms. The summed E-state index contributed by atoms with van der Waals surface area (Å²) >= 11 is 1.65. The molecule has 2 aromatic carbocycles. The molecule has 0 atom stereocenters. The van der Waals surface area contributed by atoms with Gasteiger partial charge in [0.25, 0.3) is 0 Å². The van der Waals surface area contributed by atoms with Gasteiger partial charge in [0, 0.05) is 15.4 Å². The van der Waals surface area contributed by atoms with Gasteiger partial charge in [-0.25, -0.2) is 0 Å². The summed E-state index contributed by atoms with van der Waals surface area (Å²) in [4.78, 5) is 13.3. The molecule has 0 aliphatic rings. The topological polar surface area (TPSA) is 17.1 Å². The quantitative estimate of drug-likeness (QED) is 0.748. The predicted molar refractivity (Wildman–Crippen MR) is 76.6 cm³/mol. The third-order valence-corrected chi connectivity index (χ3v) is 4.11. The van der Waals surface area contributed by atoms with Crippen LogP contribution in [0, 0.1) is 20.8 Å². The van der Waals surface area contributed by atoms with E-state index in [-0.39, 0.29) is 0 Å². The van der Waals surface area contributed by atoms with Gasteiger partial charge in [-0.15, -0.1) is 0 Å². The van der Waals surface area contributed by atoms with E-state index in [0.717, 1.165) is 22.3 Å². The lowest BCUT2D eigenvalue weighted by Gasteiger charge is -2.09. The van der Waals surface area contributed by atoms with Crippen LogP contribution in [0.1, 0.15) is 27.0 Å². The van der Waals surface area contributed by atoms with Crippen molar-refractivity contribution >= 4 is 18.0 Å². The summed E-state index contributed by atoms with van der Waals surface area (Å²) in [7, 11) is 0. The van der Waals surface area contributed by atoms with Gasteiger partial charge < -0.3 is 0 Å². The van der Waals surface area contributed by atoms with Crippen molar-refractivity contribution in [2.24, 2.45) is 0 Å². The van der Waals surface area contributed by atoms with Crippen LogP contribution in [-0.2, 0) is 0 Å². The van der Waals surface area contributed by atoms with Gasteiger partial charge in [-0.2, -0.15) is 0 Å². The van der Waals surface area contributed by atoms with E-state index in [2.05, 4.69) is 32.0 Å². The second-order valence-electron chi connectivity index (χ2n) is 4.53. The Balaban J connectivity index is 2.36. The number of carbonyl (C=O) groups excluding carboxylic acids is 1. The Hall–Kier alpha value is -1.54. The lowest BCUT2D eigenvalue weighted by atomic mass is 10.1. The Morgan fingerprint density at radius 1 is 0.889 bits per heavy atom. The summed E-state index contributed by atoms with van der Waals surface area (Å²) < 4.78 is 0. The molecule has 18 heavy (non-hydrogen) atoms. The van der Waals surface area contributed by atoms with Crippen LogP contribution in [0.5, 0.6) is 0 Å². The molecule has 92 valence electrons. The summed E-state index contributed by atoms with van der Waals surface area (Å²) in [6, 6.07) is 12.4. The third kappa shape index (κ3) is 2.82. The number of aldehydes is 1. The molecule has 0 aromatic heterocycles. The van der Waals surface area contributed by atoms with E-state index >= 15 is 0 Å². The SMILES string of the molecule is Cc1ccc(Sc2ccc(C)cc2C=O)c(C)c1. The highest BCUT2D eigenvalue weighted by atomic mass is 32.2. The molecule has 2 rings (SSSR count). The van der Waals surface area contributed by atoms with Gasteiger partial charge in [0.15, 0.2) is 6.29 Å². The molecule has 0 unspecified atom stereocenters. The van der Waals surface area contributed by atoms with Crippen LogP contribution in [0.4, 0.5) is 0 Å². The summed E-state index contributed by atoms with van der Waals surface area (Å²) in [5.41, 5.74) is 4.39. The van der Waals surface area contributed by atoms with Crippen molar-refractivity contribution in [2.45, 2.75) is 30.6 Å². The molecule has 0 N–H and O–H groups in total. The van der Waals surface area contributed by atoms with Gasteiger partial charge in [0.2, 0.25) is 0 Å². The molecule has 0 heterocycles. The van der Waals surface area contributed by atoms with Gasteiger partial charge in [0.05, 0.1) is 0 Å². The Morgan fingerprint density at radius 3 is 2.11 bits per heavy atom. The molecule has 0 fully saturated rings. The van der Waals surface area contributed by atoms with Crippen molar-refractivity contribution in [3.63, 3.8) is 0 Å². The van der Waals surface area contributed by atoms with Crippen LogP contribution in [0.25, 0.3) is 0 Å². The zero-order valence-corrected chi connectivity index (χ0v) is 11.7. The van der Waals surface area contributed by atoms with Crippen molar-refractivity contribution in [2.75, 3.05) is 0 Å². The van der Waals surface area contributed by atoms with E-state index in [1.807, 2.05) is 25.1 Å². The van der Waals surface area contributed by atoms with Gasteiger partial charge in [-0.1, -0.05) is 41.1 Å². The van der Waals surface area contributed by atoms with Gasteiger partial charge in [-0.3, -0.25) is 4.79 Å². The average Bonchev–Trinajstić information content (AvgIpc) is 2.34. The zero-order chi connectivity index (χ0) is 13.1. The zero-order valence-electron chi connectivity index (χ0n) is 10.9. The molecule has 0 saturated carbocycles. The van der Waals surface area contributed by atoms with E-state index < -0.39 is 0 Å². The normalized spacial score (nSPS) is 10.4. The standard InChI is InChI=1S/C16H16OS/c1-11-4-6-15(13(3)8-11)18-16-7-5-12(2)9-14(16)10-17/h4-10H,1-3H3. The summed E-state index contributed by atoms with van der Waals surface area (Å²) in [6.45, 7) is 6.19. The molecule has 0 aliphatic heterocycles. The lowest BCUT2D eigenvalue weighted by Crippen LogP contribution is -1.88. The van der Waals surface area contributed by atoms with Gasteiger partial charge in [0.1, 0.15) is 0 Å². The number of hydrogen-bond acceptors (Lipinski definition) is 2. The number of aryl methyl sites for hydroxylation is 3. The fraction of sp³-hybridized carbons (Fsp3) is 0.188. The maximum absolute atomic E-state index is 11.1. The average molecular weight is 256 g/mol. The monoisotopic (exact) mass is 256 g/mol. The molecular formula is C16H16OS. The molecule has 0 amide bonds. The minimum atomic E-state index is 0.764. The van der Waals surface area contributed by atoms with Crippen molar-refractivity contribution in [1.29, 1.82) is 0 Å². The van der Waals surface area contributed by atoms with Crippen LogP contribution >= 0.6 is 11.8 Å². The first-order chi connectivity index (χ1) is 8.60. The van der Waals surface area contributed by atoms with E-state index in [4.69, 9.17) is 0 Å². The van der Waals surface area contributed by atoms with Gasteiger partial charge in [-0.05, 0) is 44.5 Å². The number of hydrogen-bond donors (Lipinski definition) is 0. The number of carbonyl (C=O) groups is 1. The maximum Gasteiger partial charge on any atom is 0.151 e. The first-order valence-corrected chi connectivity index (χ1v) is 6.73. The minimum Gasteiger partial charge on any atom is -0.298 e. The van der Waals surface area contributed by atoms with Crippen LogP contribution < -0.4 is 0 Å². The van der Waals surface area contributed by atoms with Crippen molar-refractivity contribution in [1.82, 2.24) is 0 Å². The van der Waals surface area contributed by atoms with Gasteiger partial charge >= 0.3 is 0 Å². The molecule has 2 heteroatoms. The molecular weight excluding hydrogens is 240 g/mol. The molecule has 0 radical (unpaired) electrons. The van der Waals surface area contributed by atoms with E-state index in [1.54, 1.807) is 11.8 Å².